The number of anilines is 2. The summed E-state index contributed by atoms with van der Waals surface area (Å²) < 4.78 is 10.5. The highest BCUT2D eigenvalue weighted by Crippen LogP contribution is 2.38. The van der Waals surface area contributed by atoms with Gasteiger partial charge < -0.3 is 35.2 Å². The quantitative estimate of drug-likeness (QED) is 0.162. The number of aromatic carboxylic acids is 2. The van der Waals surface area contributed by atoms with Crippen LogP contribution >= 0.6 is 23.1 Å². The van der Waals surface area contributed by atoms with Gasteiger partial charge in [0.05, 0.1) is 41.2 Å². The van der Waals surface area contributed by atoms with Crippen molar-refractivity contribution in [3.63, 3.8) is 0 Å². The van der Waals surface area contributed by atoms with Crippen LogP contribution < -0.4 is 10.6 Å². The summed E-state index contributed by atoms with van der Waals surface area (Å²) in [5.74, 6) is -4.54. The Kier molecular flexibility index (Phi) is 10.6. The fraction of sp³-hybridized carbons (Fsp3) is 0.312. The molecule has 0 saturated heterocycles. The number of fused-ring (bicyclic) bond motifs is 1. The van der Waals surface area contributed by atoms with Gasteiger partial charge in [0.2, 0.25) is 5.91 Å². The monoisotopic (exact) mass is 683 g/mol. The normalized spacial score (nSPS) is 13.2. The first-order valence-corrected chi connectivity index (χ1v) is 16.0. The highest BCUT2D eigenvalue weighted by Gasteiger charge is 2.33. The number of nitrogens with one attached hydrogen (secondary N) is 2. The number of thioether (sulfide) groups is 1. The summed E-state index contributed by atoms with van der Waals surface area (Å²) >= 11 is 2.38. The van der Waals surface area contributed by atoms with Gasteiger partial charge >= 0.3 is 24.0 Å². The second-order valence-electron chi connectivity index (χ2n) is 11.5. The van der Waals surface area contributed by atoms with Crippen molar-refractivity contribution in [3.05, 3.63) is 75.2 Å². The van der Waals surface area contributed by atoms with Crippen LogP contribution in [-0.2, 0) is 27.2 Å². The smallest absolute Gasteiger partial charge is 0.410 e. The largest absolute Gasteiger partial charge is 0.478 e. The van der Waals surface area contributed by atoms with Crippen LogP contribution in [0.15, 0.2) is 47.4 Å². The number of carbonyl (C=O) groups excluding carboxylic acids is 4. The molecule has 248 valence electrons. The topological polar surface area (TPSA) is 189 Å². The Balaban J connectivity index is 1.47. The standard InChI is InChI=1S/C32H33N3O10S2/c1-16(46-19-8-6-7-18(14-19)33-26(37)20-10-9-17(28(38)39)13-22(20)29(40)41)25(36)34-27-24(30(42)44-5)21-11-12-35(15-23(21)47-27)31(43)45-32(2,3)4/h6-10,13-14,16H,11-12,15H2,1-5H3,(H,33,37)(H,34,36)(H,38,39)(H,40,41). The summed E-state index contributed by atoms with van der Waals surface area (Å²) in [5, 5.41) is 23.8. The first kappa shape index (κ1) is 35.0. The molecule has 15 heteroatoms. The molecule has 3 aromatic rings. The molecule has 0 bridgehead atoms. The van der Waals surface area contributed by atoms with E-state index in [-0.39, 0.29) is 23.2 Å². The molecule has 47 heavy (non-hydrogen) atoms. The minimum absolute atomic E-state index is 0.218. The molecule has 0 radical (unpaired) electrons. The van der Waals surface area contributed by atoms with E-state index in [2.05, 4.69) is 10.6 Å². The Morgan fingerprint density at radius 3 is 2.34 bits per heavy atom. The van der Waals surface area contributed by atoms with Crippen molar-refractivity contribution in [2.24, 2.45) is 0 Å². The molecule has 0 saturated carbocycles. The van der Waals surface area contributed by atoms with Gasteiger partial charge in [-0.25, -0.2) is 19.2 Å². The van der Waals surface area contributed by atoms with Crippen molar-refractivity contribution in [2.75, 3.05) is 24.3 Å². The van der Waals surface area contributed by atoms with E-state index in [0.29, 0.717) is 34.1 Å². The predicted octanol–water partition coefficient (Wildman–Crippen LogP) is 5.60. The van der Waals surface area contributed by atoms with Crippen LogP contribution in [0, 0.1) is 0 Å². The predicted molar refractivity (Wildman–Crippen MR) is 175 cm³/mol. The molecule has 2 heterocycles. The maximum atomic E-state index is 13.3. The highest BCUT2D eigenvalue weighted by molar-refractivity contribution is 8.00. The molecular weight excluding hydrogens is 650 g/mol. The molecule has 3 amide bonds. The van der Waals surface area contributed by atoms with Crippen molar-refractivity contribution in [1.82, 2.24) is 4.90 Å². The fourth-order valence-electron chi connectivity index (χ4n) is 4.66. The average molecular weight is 684 g/mol. The van der Waals surface area contributed by atoms with E-state index in [1.54, 1.807) is 56.9 Å². The molecule has 1 unspecified atom stereocenters. The number of benzene rings is 2. The molecule has 0 spiro atoms. The summed E-state index contributed by atoms with van der Waals surface area (Å²) in [5.41, 5.74) is -0.330. The fourth-order valence-corrected chi connectivity index (χ4v) is 6.84. The van der Waals surface area contributed by atoms with E-state index < -0.39 is 52.2 Å². The number of rotatable bonds is 9. The van der Waals surface area contributed by atoms with E-state index in [0.717, 1.165) is 23.1 Å². The number of carboxylic acids is 2. The number of amides is 3. The van der Waals surface area contributed by atoms with Crippen LogP contribution in [0.2, 0.25) is 0 Å². The third-order valence-electron chi connectivity index (χ3n) is 6.85. The number of hydrogen-bond acceptors (Lipinski definition) is 10. The van der Waals surface area contributed by atoms with Crippen LogP contribution in [0.25, 0.3) is 0 Å². The van der Waals surface area contributed by atoms with E-state index >= 15 is 0 Å². The van der Waals surface area contributed by atoms with E-state index in [4.69, 9.17) is 14.6 Å². The molecule has 0 fully saturated rings. The van der Waals surface area contributed by atoms with Crippen molar-refractivity contribution in [1.29, 1.82) is 0 Å². The zero-order chi connectivity index (χ0) is 34.6. The zero-order valence-electron chi connectivity index (χ0n) is 26.2. The van der Waals surface area contributed by atoms with Crippen LogP contribution in [0.3, 0.4) is 0 Å². The average Bonchev–Trinajstić information content (AvgIpc) is 3.36. The Morgan fingerprint density at radius 1 is 0.979 bits per heavy atom. The van der Waals surface area contributed by atoms with Crippen molar-refractivity contribution < 1.29 is 48.5 Å². The Labute approximate surface area is 278 Å². The first-order valence-electron chi connectivity index (χ1n) is 14.3. The second kappa shape index (κ2) is 14.3. The number of nitrogens with zero attached hydrogens (tertiary/aromatic N) is 1. The van der Waals surface area contributed by atoms with Crippen molar-refractivity contribution in [3.8, 4) is 0 Å². The van der Waals surface area contributed by atoms with E-state index in [1.165, 1.54) is 30.2 Å². The minimum atomic E-state index is -1.45. The molecule has 2 aromatic carbocycles. The van der Waals surface area contributed by atoms with Gasteiger partial charge in [-0.2, -0.15) is 0 Å². The van der Waals surface area contributed by atoms with Crippen molar-refractivity contribution in [2.45, 2.75) is 56.4 Å². The molecule has 1 aliphatic heterocycles. The number of methoxy groups -OCH3 is 1. The SMILES string of the molecule is COC(=O)c1c(NC(=O)C(C)Sc2cccc(NC(=O)c3ccc(C(=O)O)cc3C(=O)O)c2)sc2c1CCN(C(=O)OC(C)(C)C)C2. The van der Waals surface area contributed by atoms with Gasteiger partial charge in [-0.05, 0) is 76.1 Å². The first-order chi connectivity index (χ1) is 22.1. The van der Waals surface area contributed by atoms with Crippen LogP contribution in [0.5, 0.6) is 0 Å². The lowest BCUT2D eigenvalue weighted by Crippen LogP contribution is -2.39. The van der Waals surface area contributed by atoms with Gasteiger partial charge in [-0.15, -0.1) is 23.1 Å². The van der Waals surface area contributed by atoms with Crippen LogP contribution in [-0.4, -0.2) is 75.4 Å². The van der Waals surface area contributed by atoms with Crippen LogP contribution in [0.1, 0.15) is 79.6 Å². The summed E-state index contributed by atoms with van der Waals surface area (Å²) in [7, 11) is 1.26. The number of hydrogen-bond donors (Lipinski definition) is 4. The third-order valence-corrected chi connectivity index (χ3v) is 9.08. The molecule has 1 atom stereocenters. The lowest BCUT2D eigenvalue weighted by molar-refractivity contribution is -0.115. The zero-order valence-corrected chi connectivity index (χ0v) is 27.8. The molecular formula is C32H33N3O10S2. The Hall–Kier alpha value is -4.89. The van der Waals surface area contributed by atoms with Gasteiger partial charge in [0.15, 0.2) is 0 Å². The number of carbonyl (C=O) groups is 6. The maximum Gasteiger partial charge on any atom is 0.410 e. The van der Waals surface area contributed by atoms with E-state index in [1.807, 2.05) is 0 Å². The molecule has 1 aromatic heterocycles. The maximum absolute atomic E-state index is 13.3. The Bertz CT molecular complexity index is 1760. The molecule has 0 aliphatic carbocycles. The molecule has 4 N–H and O–H groups in total. The third kappa shape index (κ3) is 8.48. The van der Waals surface area contributed by atoms with Gasteiger partial charge in [0.25, 0.3) is 5.91 Å². The van der Waals surface area contributed by atoms with E-state index in [9.17, 15) is 33.9 Å². The molecule has 13 nitrogen and oxygen atoms in total. The number of carboxylic acid groups (broad SMARTS) is 2. The molecule has 1 aliphatic rings. The van der Waals surface area contributed by atoms with Gasteiger partial charge in [-0.3, -0.25) is 9.59 Å². The Morgan fingerprint density at radius 2 is 1.70 bits per heavy atom. The lowest BCUT2D eigenvalue weighted by Gasteiger charge is -2.30. The highest BCUT2D eigenvalue weighted by atomic mass is 32.2. The summed E-state index contributed by atoms with van der Waals surface area (Å²) in [6.07, 6.45) is -0.0881. The van der Waals surface area contributed by atoms with Gasteiger partial charge in [0, 0.05) is 22.0 Å². The van der Waals surface area contributed by atoms with Gasteiger partial charge in [-0.1, -0.05) is 6.07 Å². The summed E-state index contributed by atoms with van der Waals surface area (Å²) in [4.78, 5) is 77.5. The minimum Gasteiger partial charge on any atom is -0.478 e. The molecule has 4 rings (SSSR count). The van der Waals surface area contributed by atoms with Crippen molar-refractivity contribution >= 4 is 69.6 Å². The number of esters is 1. The number of ether oxygens (including phenoxy) is 2. The second-order valence-corrected chi connectivity index (χ2v) is 14.0. The lowest BCUT2D eigenvalue weighted by atomic mass is 10.0. The van der Waals surface area contributed by atoms with Crippen LogP contribution in [0.4, 0.5) is 15.5 Å². The summed E-state index contributed by atoms with van der Waals surface area (Å²) in [6.45, 7) is 7.56. The summed E-state index contributed by atoms with van der Waals surface area (Å²) in [6, 6.07) is 9.75. The van der Waals surface area contributed by atoms with Gasteiger partial charge in [0.1, 0.15) is 10.6 Å². The number of thiophene rings is 1.